The Morgan fingerprint density at radius 2 is 1.95 bits per heavy atom. The molecule has 0 unspecified atom stereocenters. The maximum atomic E-state index is 11.6. The summed E-state index contributed by atoms with van der Waals surface area (Å²) in [6.45, 7) is 4.89. The van der Waals surface area contributed by atoms with Gasteiger partial charge in [-0.3, -0.25) is 9.69 Å². The van der Waals surface area contributed by atoms with Crippen LogP contribution in [0.1, 0.15) is 0 Å². The van der Waals surface area contributed by atoms with E-state index in [0.29, 0.717) is 17.3 Å². The zero-order chi connectivity index (χ0) is 14.2. The van der Waals surface area contributed by atoms with Crippen molar-refractivity contribution in [3.63, 3.8) is 0 Å². The molecule has 21 heavy (non-hydrogen) atoms. The summed E-state index contributed by atoms with van der Waals surface area (Å²) in [5.74, 6) is 0.519. The largest absolute Gasteiger partial charge is 1.00 e. The van der Waals surface area contributed by atoms with Crippen LogP contribution in [-0.2, 0) is 9.53 Å². The summed E-state index contributed by atoms with van der Waals surface area (Å²) in [5.41, 5.74) is 0. The van der Waals surface area contributed by atoms with Crippen LogP contribution in [0.4, 0.5) is 0 Å². The van der Waals surface area contributed by atoms with Gasteiger partial charge in [-0.25, -0.2) is 0 Å². The lowest BCUT2D eigenvalue weighted by atomic mass is 10.3. The summed E-state index contributed by atoms with van der Waals surface area (Å²) < 4.78 is 10.6. The van der Waals surface area contributed by atoms with E-state index >= 15 is 0 Å². The van der Waals surface area contributed by atoms with Crippen molar-refractivity contribution in [2.24, 2.45) is 0 Å². The summed E-state index contributed by atoms with van der Waals surface area (Å²) in [5, 5.41) is 3.48. The van der Waals surface area contributed by atoms with E-state index in [1.165, 1.54) is 0 Å². The molecule has 1 N–H and O–H groups in total. The Morgan fingerprint density at radius 3 is 2.62 bits per heavy atom. The molecule has 0 aromatic heterocycles. The number of ether oxygens (including phenoxy) is 2. The first-order chi connectivity index (χ1) is 9.74. The molecule has 1 saturated heterocycles. The van der Waals surface area contributed by atoms with E-state index in [1.807, 2.05) is 0 Å². The first kappa shape index (κ1) is 18.0. The molecule has 0 radical (unpaired) electrons. The maximum absolute atomic E-state index is 11.6. The number of benzene rings is 1. The van der Waals surface area contributed by atoms with Crippen LogP contribution in [-0.4, -0.2) is 56.8 Å². The normalized spacial score (nSPS) is 15.1. The third-order valence-electron chi connectivity index (χ3n) is 3.04. The van der Waals surface area contributed by atoms with Crippen LogP contribution in [0.3, 0.4) is 0 Å². The lowest BCUT2D eigenvalue weighted by Gasteiger charge is -2.26. The molecule has 118 valence electrons. The minimum Gasteiger partial charge on any atom is -1.00 e. The summed E-state index contributed by atoms with van der Waals surface area (Å²) >= 11 is 5.77. The van der Waals surface area contributed by atoms with Crippen molar-refractivity contribution in [3.05, 3.63) is 29.3 Å². The second-order valence-corrected chi connectivity index (χ2v) is 4.98. The van der Waals surface area contributed by atoms with Gasteiger partial charge in [0.2, 0.25) is 0 Å². The molecular weight excluding hydrogens is 315 g/mol. The Kier molecular flexibility index (Phi) is 8.45. The van der Waals surface area contributed by atoms with Crippen LogP contribution < -0.4 is 22.5 Å². The number of nitrogens with one attached hydrogen (secondary N) is 1. The van der Waals surface area contributed by atoms with Gasteiger partial charge in [0, 0.05) is 31.2 Å². The van der Waals surface area contributed by atoms with Gasteiger partial charge in [0.1, 0.15) is 5.75 Å². The van der Waals surface area contributed by atoms with Gasteiger partial charge >= 0.3 is 0 Å². The quantitative estimate of drug-likeness (QED) is 0.665. The maximum Gasteiger partial charge on any atom is 0.257 e. The summed E-state index contributed by atoms with van der Waals surface area (Å²) in [4.78, 5) is 13.9. The third kappa shape index (κ3) is 7.00. The highest BCUT2D eigenvalue weighted by atomic mass is 35.5. The number of amides is 1. The molecule has 1 aliphatic rings. The smallest absolute Gasteiger partial charge is 0.257 e. The van der Waals surface area contributed by atoms with E-state index in [4.69, 9.17) is 21.1 Å². The van der Waals surface area contributed by atoms with Gasteiger partial charge in [-0.2, -0.15) is 0 Å². The molecule has 0 spiro atoms. The molecule has 1 aromatic carbocycles. The predicted molar refractivity (Wildman–Crippen MR) is 77.2 cm³/mol. The second kappa shape index (κ2) is 9.84. The highest BCUT2D eigenvalue weighted by Crippen LogP contribution is 2.15. The van der Waals surface area contributed by atoms with Gasteiger partial charge < -0.3 is 27.2 Å². The summed E-state index contributed by atoms with van der Waals surface area (Å²) in [6.07, 6.45) is 0. The molecule has 1 amide bonds. The number of carbonyl (C=O) groups excluding carboxylic acids is 1. The Hall–Kier alpha value is -1.01. The number of hydrogen-bond donors (Lipinski definition) is 1. The summed E-state index contributed by atoms with van der Waals surface area (Å²) in [7, 11) is 0. The molecule has 0 saturated carbocycles. The van der Waals surface area contributed by atoms with Gasteiger partial charge in [-0.05, 0) is 24.3 Å². The van der Waals surface area contributed by atoms with Gasteiger partial charge in [0.25, 0.3) is 5.91 Å². The van der Waals surface area contributed by atoms with Crippen molar-refractivity contribution in [2.75, 3.05) is 46.0 Å². The fraction of sp³-hybridized carbons (Fsp3) is 0.500. The molecule has 1 heterocycles. The molecular formula is C14H19Cl2N2O3-. The molecule has 0 bridgehead atoms. The Bertz CT molecular complexity index is 423. The number of carbonyl (C=O) groups is 1. The molecule has 0 atom stereocenters. The molecule has 0 aliphatic carbocycles. The third-order valence-corrected chi connectivity index (χ3v) is 3.29. The predicted octanol–water partition coefficient (Wildman–Crippen LogP) is -1.83. The highest BCUT2D eigenvalue weighted by molar-refractivity contribution is 6.30. The van der Waals surface area contributed by atoms with E-state index < -0.39 is 0 Å². The SMILES string of the molecule is O=C(COc1ccc(Cl)cc1)NCCN1CCOCC1.[Cl-]. The van der Waals surface area contributed by atoms with Crippen molar-refractivity contribution in [1.82, 2.24) is 10.2 Å². The Labute approximate surface area is 135 Å². The van der Waals surface area contributed by atoms with E-state index in [0.717, 1.165) is 32.8 Å². The van der Waals surface area contributed by atoms with Gasteiger partial charge in [0.05, 0.1) is 13.2 Å². The van der Waals surface area contributed by atoms with Crippen LogP contribution in [0.15, 0.2) is 24.3 Å². The molecule has 5 nitrogen and oxygen atoms in total. The first-order valence-corrected chi connectivity index (χ1v) is 7.07. The fourth-order valence-electron chi connectivity index (χ4n) is 1.91. The molecule has 1 aliphatic heterocycles. The number of halogens is 2. The van der Waals surface area contributed by atoms with E-state index in [9.17, 15) is 4.79 Å². The Morgan fingerprint density at radius 1 is 1.29 bits per heavy atom. The molecule has 1 fully saturated rings. The topological polar surface area (TPSA) is 50.8 Å². The number of nitrogens with zero attached hydrogens (tertiary/aromatic N) is 1. The van der Waals surface area contributed by atoms with Crippen LogP contribution >= 0.6 is 11.6 Å². The van der Waals surface area contributed by atoms with Crippen molar-refractivity contribution < 1.29 is 26.7 Å². The standard InChI is InChI=1S/C14H19ClN2O3.ClH/c15-12-1-3-13(4-2-12)20-11-14(18)16-5-6-17-7-9-19-10-8-17;/h1-4H,5-11H2,(H,16,18);1H/p-1. The van der Waals surface area contributed by atoms with Gasteiger partial charge in [0.15, 0.2) is 6.61 Å². The van der Waals surface area contributed by atoms with Crippen LogP contribution in [0.5, 0.6) is 5.75 Å². The Balaban J connectivity index is 0.00000220. The monoisotopic (exact) mass is 333 g/mol. The van der Waals surface area contributed by atoms with E-state index in [2.05, 4.69) is 10.2 Å². The highest BCUT2D eigenvalue weighted by Gasteiger charge is 2.10. The van der Waals surface area contributed by atoms with Crippen LogP contribution in [0.25, 0.3) is 0 Å². The number of rotatable bonds is 6. The van der Waals surface area contributed by atoms with Gasteiger partial charge in [-0.1, -0.05) is 11.6 Å². The minimum atomic E-state index is -0.117. The van der Waals surface area contributed by atoms with Crippen molar-refractivity contribution in [3.8, 4) is 5.75 Å². The van der Waals surface area contributed by atoms with Crippen LogP contribution in [0.2, 0.25) is 5.02 Å². The lowest BCUT2D eigenvalue weighted by Crippen LogP contribution is -3.00. The van der Waals surface area contributed by atoms with Crippen molar-refractivity contribution >= 4 is 17.5 Å². The first-order valence-electron chi connectivity index (χ1n) is 6.69. The van der Waals surface area contributed by atoms with Crippen molar-refractivity contribution in [1.29, 1.82) is 0 Å². The number of morpholine rings is 1. The fourth-order valence-corrected chi connectivity index (χ4v) is 2.03. The molecule has 7 heteroatoms. The van der Waals surface area contributed by atoms with Crippen LogP contribution in [0, 0.1) is 0 Å². The average Bonchev–Trinajstić information content (AvgIpc) is 2.48. The molecule has 2 rings (SSSR count). The number of hydrogen-bond acceptors (Lipinski definition) is 4. The zero-order valence-electron chi connectivity index (χ0n) is 11.7. The minimum absolute atomic E-state index is 0. The van der Waals surface area contributed by atoms with Crippen molar-refractivity contribution in [2.45, 2.75) is 0 Å². The van der Waals surface area contributed by atoms with E-state index in [-0.39, 0.29) is 24.9 Å². The summed E-state index contributed by atoms with van der Waals surface area (Å²) in [6, 6.07) is 6.94. The van der Waals surface area contributed by atoms with E-state index in [1.54, 1.807) is 24.3 Å². The molecule has 1 aromatic rings. The van der Waals surface area contributed by atoms with Gasteiger partial charge in [-0.15, -0.1) is 0 Å². The zero-order valence-corrected chi connectivity index (χ0v) is 13.2. The second-order valence-electron chi connectivity index (χ2n) is 4.55. The lowest BCUT2D eigenvalue weighted by molar-refractivity contribution is -0.123. The average molecular weight is 334 g/mol.